The van der Waals surface area contributed by atoms with Gasteiger partial charge in [-0.1, -0.05) is 13.3 Å². The summed E-state index contributed by atoms with van der Waals surface area (Å²) in [4.78, 5) is 1.65. The second kappa shape index (κ2) is 5.85. The Morgan fingerprint density at radius 1 is 1.43 bits per heavy atom. The van der Waals surface area contributed by atoms with E-state index in [1.807, 2.05) is 0 Å². The summed E-state index contributed by atoms with van der Waals surface area (Å²) in [5, 5.41) is 2.97. The summed E-state index contributed by atoms with van der Waals surface area (Å²) >= 11 is 0. The molecular weight excluding hydrogens is 202 g/mol. The van der Waals surface area contributed by atoms with Gasteiger partial charge in [0.25, 0.3) is 10.0 Å². The average Bonchev–Trinajstić information content (AvgIpc) is 2.00. The fourth-order valence-electron chi connectivity index (χ4n) is 0.806. The minimum atomic E-state index is -3.32. The molecule has 0 rings (SSSR count). The first-order valence-electron chi connectivity index (χ1n) is 4.58. The van der Waals surface area contributed by atoms with Gasteiger partial charge < -0.3 is 10.2 Å². The van der Waals surface area contributed by atoms with Crippen molar-refractivity contribution in [3.05, 3.63) is 0 Å². The third-order valence-corrected chi connectivity index (χ3v) is 1.99. The van der Waals surface area contributed by atoms with E-state index in [4.69, 9.17) is 0 Å². The summed E-state index contributed by atoms with van der Waals surface area (Å²) in [5.74, 6) is 0.390. The predicted octanol–water partition coefficient (Wildman–Crippen LogP) is 0.253. The lowest BCUT2D eigenvalue weighted by Gasteiger charge is -2.16. The molecule has 0 fully saturated rings. The lowest BCUT2D eigenvalue weighted by molar-refractivity contribution is 0.573. The number of hydrogen-bond donors (Lipinski definition) is 1. The molecule has 0 bridgehead atoms. The molecule has 1 N–H and O–H groups in total. The second-order valence-electron chi connectivity index (χ2n) is 3.32. The highest BCUT2D eigenvalue weighted by Gasteiger charge is 2.05. The van der Waals surface area contributed by atoms with E-state index in [1.54, 1.807) is 19.0 Å². The van der Waals surface area contributed by atoms with Crippen molar-refractivity contribution in [1.29, 1.82) is 0 Å². The number of guanidine groups is 1. The van der Waals surface area contributed by atoms with E-state index in [1.165, 1.54) is 0 Å². The molecule has 0 aliphatic heterocycles. The van der Waals surface area contributed by atoms with Crippen LogP contribution in [0.3, 0.4) is 0 Å². The number of hydrogen-bond acceptors (Lipinski definition) is 2. The maximum Gasteiger partial charge on any atom is 0.253 e. The summed E-state index contributed by atoms with van der Waals surface area (Å²) in [5.41, 5.74) is 0. The van der Waals surface area contributed by atoms with Crippen molar-refractivity contribution >= 4 is 16.0 Å². The van der Waals surface area contributed by atoms with Crippen molar-refractivity contribution in [2.45, 2.75) is 19.8 Å². The van der Waals surface area contributed by atoms with E-state index >= 15 is 0 Å². The maximum absolute atomic E-state index is 10.9. The molecular formula is C8H19N3O2S. The molecule has 0 saturated heterocycles. The van der Waals surface area contributed by atoms with Crippen molar-refractivity contribution in [2.24, 2.45) is 4.40 Å². The quantitative estimate of drug-likeness (QED) is 0.420. The van der Waals surface area contributed by atoms with Crippen LogP contribution in [-0.4, -0.2) is 46.2 Å². The van der Waals surface area contributed by atoms with Gasteiger partial charge in [0.15, 0.2) is 0 Å². The first-order valence-corrected chi connectivity index (χ1v) is 6.42. The van der Waals surface area contributed by atoms with Crippen LogP contribution in [0.25, 0.3) is 0 Å². The second-order valence-corrected chi connectivity index (χ2v) is 4.97. The van der Waals surface area contributed by atoms with Crippen molar-refractivity contribution in [1.82, 2.24) is 10.2 Å². The summed E-state index contributed by atoms with van der Waals surface area (Å²) in [6, 6.07) is 0. The molecule has 0 aromatic heterocycles. The third-order valence-electron chi connectivity index (χ3n) is 1.49. The first-order chi connectivity index (χ1) is 6.37. The Labute approximate surface area is 86.3 Å². The number of nitrogens with zero attached hydrogens (tertiary/aromatic N) is 2. The van der Waals surface area contributed by atoms with Gasteiger partial charge in [0.2, 0.25) is 5.96 Å². The molecule has 84 valence electrons. The van der Waals surface area contributed by atoms with Crippen LogP contribution in [-0.2, 0) is 10.0 Å². The fourth-order valence-corrected chi connectivity index (χ4v) is 1.35. The number of nitrogens with one attached hydrogen (secondary N) is 1. The van der Waals surface area contributed by atoms with E-state index < -0.39 is 10.0 Å². The Morgan fingerprint density at radius 2 is 2.00 bits per heavy atom. The van der Waals surface area contributed by atoms with Crippen molar-refractivity contribution < 1.29 is 8.42 Å². The number of sulfonamides is 1. The fraction of sp³-hybridized carbons (Fsp3) is 0.875. The molecule has 0 aliphatic carbocycles. The Balaban J connectivity index is 4.39. The van der Waals surface area contributed by atoms with Gasteiger partial charge in [0, 0.05) is 20.6 Å². The molecule has 0 unspecified atom stereocenters. The topological polar surface area (TPSA) is 61.8 Å². The Bertz CT molecular complexity index is 283. The maximum atomic E-state index is 10.9. The molecule has 0 radical (unpaired) electrons. The number of rotatable bonds is 4. The molecule has 0 aromatic rings. The Kier molecular flexibility index (Phi) is 5.52. The zero-order chi connectivity index (χ0) is 11.2. The molecule has 0 aliphatic rings. The molecule has 14 heavy (non-hydrogen) atoms. The third kappa shape index (κ3) is 6.71. The van der Waals surface area contributed by atoms with Crippen molar-refractivity contribution in [2.75, 3.05) is 26.9 Å². The molecule has 0 aromatic carbocycles. The average molecular weight is 221 g/mol. The van der Waals surface area contributed by atoms with E-state index in [0.717, 1.165) is 25.6 Å². The molecule has 0 heterocycles. The van der Waals surface area contributed by atoms with Gasteiger partial charge in [-0.3, -0.25) is 0 Å². The Morgan fingerprint density at radius 3 is 2.36 bits per heavy atom. The number of unbranched alkanes of at least 4 members (excludes halogenated alkanes) is 1. The van der Waals surface area contributed by atoms with Gasteiger partial charge in [-0.15, -0.1) is 4.40 Å². The van der Waals surface area contributed by atoms with Crippen LogP contribution < -0.4 is 5.32 Å². The summed E-state index contributed by atoms with van der Waals surface area (Å²) in [6.45, 7) is 2.81. The van der Waals surface area contributed by atoms with Crippen molar-refractivity contribution in [3.8, 4) is 0 Å². The molecule has 0 saturated carbocycles. The predicted molar refractivity (Wildman–Crippen MR) is 58.9 cm³/mol. The molecule has 6 heteroatoms. The largest absolute Gasteiger partial charge is 0.355 e. The minimum Gasteiger partial charge on any atom is -0.355 e. The van der Waals surface area contributed by atoms with Gasteiger partial charge in [-0.05, 0) is 6.42 Å². The van der Waals surface area contributed by atoms with Crippen molar-refractivity contribution in [3.63, 3.8) is 0 Å². The summed E-state index contributed by atoms with van der Waals surface area (Å²) in [6.07, 6.45) is 3.14. The first kappa shape index (κ1) is 13.2. The molecule has 0 atom stereocenters. The zero-order valence-electron chi connectivity index (χ0n) is 9.24. The van der Waals surface area contributed by atoms with Crippen LogP contribution in [0.2, 0.25) is 0 Å². The SMILES string of the molecule is CCCCN/C(=N/S(C)(=O)=O)N(C)C. The van der Waals surface area contributed by atoms with Crippen LogP contribution in [0.1, 0.15) is 19.8 Å². The highest BCUT2D eigenvalue weighted by molar-refractivity contribution is 7.89. The van der Waals surface area contributed by atoms with E-state index in [2.05, 4.69) is 16.6 Å². The Hall–Kier alpha value is -0.780. The van der Waals surface area contributed by atoms with Gasteiger partial charge in [-0.25, -0.2) is 8.42 Å². The highest BCUT2D eigenvalue weighted by atomic mass is 32.2. The van der Waals surface area contributed by atoms with Crippen LogP contribution >= 0.6 is 0 Å². The van der Waals surface area contributed by atoms with E-state index in [-0.39, 0.29) is 0 Å². The van der Waals surface area contributed by atoms with E-state index in [0.29, 0.717) is 5.96 Å². The van der Waals surface area contributed by atoms with Crippen LogP contribution in [0.4, 0.5) is 0 Å². The lowest BCUT2D eigenvalue weighted by atomic mass is 10.3. The minimum absolute atomic E-state index is 0.390. The zero-order valence-corrected chi connectivity index (χ0v) is 10.1. The van der Waals surface area contributed by atoms with Gasteiger partial charge in [0.1, 0.15) is 0 Å². The smallest absolute Gasteiger partial charge is 0.253 e. The van der Waals surface area contributed by atoms with Gasteiger partial charge in [-0.2, -0.15) is 0 Å². The molecule has 0 spiro atoms. The molecule has 0 amide bonds. The van der Waals surface area contributed by atoms with Gasteiger partial charge >= 0.3 is 0 Å². The van der Waals surface area contributed by atoms with Crippen LogP contribution in [0.5, 0.6) is 0 Å². The van der Waals surface area contributed by atoms with Crippen LogP contribution in [0.15, 0.2) is 4.40 Å². The van der Waals surface area contributed by atoms with Gasteiger partial charge in [0.05, 0.1) is 6.26 Å². The summed E-state index contributed by atoms with van der Waals surface area (Å²) < 4.78 is 25.4. The monoisotopic (exact) mass is 221 g/mol. The van der Waals surface area contributed by atoms with E-state index in [9.17, 15) is 8.42 Å². The lowest BCUT2D eigenvalue weighted by Crippen LogP contribution is -2.37. The standard InChI is InChI=1S/C8H19N3O2S/c1-5-6-7-9-8(11(2)3)10-14(4,12)13/h5-7H2,1-4H3,(H,9,10). The van der Waals surface area contributed by atoms with Crippen LogP contribution in [0, 0.1) is 0 Å². The summed E-state index contributed by atoms with van der Waals surface area (Å²) in [7, 11) is 0.184. The highest BCUT2D eigenvalue weighted by Crippen LogP contribution is 1.90. The molecule has 5 nitrogen and oxygen atoms in total. The normalized spacial score (nSPS) is 12.7.